The molecule has 1 amide bonds. The fourth-order valence-corrected chi connectivity index (χ4v) is 13.3. The molecule has 0 fully saturated rings. The van der Waals surface area contributed by atoms with Gasteiger partial charge in [0.05, 0.1) is 39.9 Å². The number of allylic oxidation sites excluding steroid dienone is 7. The average Bonchev–Trinajstić information content (AvgIpc) is 3.58. The molecule has 9 heteroatoms. The van der Waals surface area contributed by atoms with Gasteiger partial charge >= 0.3 is 7.82 Å². The highest BCUT2D eigenvalue weighted by molar-refractivity contribution is 7.47. The highest BCUT2D eigenvalue weighted by Crippen LogP contribution is 2.43. The number of carbonyl (C=O) groups is 1. The Morgan fingerprint density at radius 2 is 0.626 bits per heavy atom. The second-order valence-electron chi connectivity index (χ2n) is 29.2. The highest BCUT2D eigenvalue weighted by atomic mass is 31.2. The van der Waals surface area contributed by atoms with Crippen LogP contribution in [0.4, 0.5) is 0 Å². The number of aliphatic hydroxyl groups excluding tert-OH is 1. The highest BCUT2D eigenvalue weighted by Gasteiger charge is 2.28. The minimum atomic E-state index is -4.36. The van der Waals surface area contributed by atoms with Gasteiger partial charge in [-0.1, -0.05) is 403 Å². The van der Waals surface area contributed by atoms with E-state index in [1.165, 1.54) is 353 Å². The number of carbonyl (C=O) groups excluding carboxylic acids is 1. The first-order valence-electron chi connectivity index (χ1n) is 40.5. The predicted octanol–water partition coefficient (Wildman–Crippen LogP) is 26.5. The third kappa shape index (κ3) is 75.7. The van der Waals surface area contributed by atoms with Crippen LogP contribution < -0.4 is 5.32 Å². The van der Waals surface area contributed by atoms with E-state index in [1.807, 2.05) is 27.2 Å². The molecule has 0 aliphatic carbocycles. The predicted molar refractivity (Wildman–Crippen MR) is 401 cm³/mol. The van der Waals surface area contributed by atoms with Crippen molar-refractivity contribution in [2.75, 3.05) is 40.9 Å². The van der Waals surface area contributed by atoms with Crippen molar-refractivity contribution >= 4 is 13.7 Å². The molecule has 3 N–H and O–H groups in total. The number of unbranched alkanes of at least 4 members (excludes halogenated alkanes) is 57. The van der Waals surface area contributed by atoms with E-state index in [4.69, 9.17) is 9.05 Å². The first kappa shape index (κ1) is 89.5. The van der Waals surface area contributed by atoms with Crippen molar-refractivity contribution in [2.24, 2.45) is 0 Å². The lowest BCUT2D eigenvalue weighted by atomic mass is 10.0. The molecule has 0 radical (unpaired) electrons. The van der Waals surface area contributed by atoms with E-state index in [0.717, 1.165) is 44.9 Å². The first-order chi connectivity index (χ1) is 44.5. The SMILES string of the molecule is CCCCCCC/C=C\C/C=C\C/C=C\CCCCCCCCCCCCCCCCCCCCCCCCCCC(=O)NC(COP(=O)(O)OCC[N+](C)(C)C)C(O)/C=C/CCCCCCCCCCCCCCCCCCCCCCCCCCCCCC. The molecule has 0 bridgehead atoms. The molecule has 91 heavy (non-hydrogen) atoms. The van der Waals surface area contributed by atoms with E-state index < -0.39 is 20.0 Å². The molecular formula is C82H160N2O6P+. The quantitative estimate of drug-likeness (QED) is 0.0243. The number of aliphatic hydroxyl groups is 1. The number of hydrogen-bond acceptors (Lipinski definition) is 5. The number of phosphoric acid groups is 1. The van der Waals surface area contributed by atoms with Crippen molar-refractivity contribution in [1.29, 1.82) is 0 Å². The van der Waals surface area contributed by atoms with Crippen molar-refractivity contribution in [3.63, 3.8) is 0 Å². The number of quaternary nitrogens is 1. The summed E-state index contributed by atoms with van der Waals surface area (Å²) in [5.74, 6) is -0.168. The summed E-state index contributed by atoms with van der Waals surface area (Å²) < 4.78 is 23.9. The second-order valence-corrected chi connectivity index (χ2v) is 30.6. The molecule has 0 rings (SSSR count). The van der Waals surface area contributed by atoms with Crippen LogP contribution in [-0.4, -0.2) is 73.4 Å². The Morgan fingerprint density at radius 1 is 0.374 bits per heavy atom. The van der Waals surface area contributed by atoms with Crippen molar-refractivity contribution in [3.8, 4) is 0 Å². The van der Waals surface area contributed by atoms with Gasteiger partial charge in [0.25, 0.3) is 0 Å². The zero-order chi connectivity index (χ0) is 66.2. The van der Waals surface area contributed by atoms with Gasteiger partial charge in [-0.05, 0) is 57.8 Å². The third-order valence-corrected chi connectivity index (χ3v) is 19.8. The van der Waals surface area contributed by atoms with Crippen LogP contribution in [0.15, 0.2) is 48.6 Å². The van der Waals surface area contributed by atoms with Gasteiger partial charge in [0.2, 0.25) is 5.91 Å². The maximum Gasteiger partial charge on any atom is 0.472 e. The van der Waals surface area contributed by atoms with Crippen LogP contribution in [0.25, 0.3) is 0 Å². The van der Waals surface area contributed by atoms with Crippen LogP contribution in [0.5, 0.6) is 0 Å². The molecule has 0 aromatic rings. The summed E-state index contributed by atoms with van der Waals surface area (Å²) in [6.07, 6.45) is 100. The Bertz CT molecular complexity index is 1630. The summed E-state index contributed by atoms with van der Waals surface area (Å²) in [5, 5.41) is 14.1. The van der Waals surface area contributed by atoms with E-state index in [9.17, 15) is 19.4 Å². The van der Waals surface area contributed by atoms with Crippen LogP contribution in [0, 0.1) is 0 Å². The Labute approximate surface area is 569 Å². The molecule has 8 nitrogen and oxygen atoms in total. The van der Waals surface area contributed by atoms with E-state index in [2.05, 4.69) is 55.6 Å². The minimum Gasteiger partial charge on any atom is -0.387 e. The van der Waals surface area contributed by atoms with Crippen LogP contribution in [0.1, 0.15) is 418 Å². The summed E-state index contributed by atoms with van der Waals surface area (Å²) in [6, 6.07) is -0.848. The van der Waals surface area contributed by atoms with Crippen LogP contribution in [-0.2, 0) is 18.4 Å². The molecule has 0 aromatic heterocycles. The summed E-state index contributed by atoms with van der Waals surface area (Å²) in [5.41, 5.74) is 0. The van der Waals surface area contributed by atoms with Gasteiger partial charge in [0, 0.05) is 6.42 Å². The topological polar surface area (TPSA) is 105 Å². The smallest absolute Gasteiger partial charge is 0.387 e. The molecule has 3 unspecified atom stereocenters. The number of likely N-dealkylation sites (N-methyl/N-ethyl adjacent to an activating group) is 1. The summed E-state index contributed by atoms with van der Waals surface area (Å²) in [7, 11) is 1.59. The maximum atomic E-state index is 13.1. The van der Waals surface area contributed by atoms with E-state index >= 15 is 0 Å². The van der Waals surface area contributed by atoms with Gasteiger partial charge in [-0.2, -0.15) is 0 Å². The molecule has 0 heterocycles. The molecule has 0 aliphatic rings. The molecule has 0 saturated carbocycles. The molecule has 0 aromatic carbocycles. The zero-order valence-corrected chi connectivity index (χ0v) is 62.8. The molecule has 0 spiro atoms. The average molecular weight is 1300 g/mol. The van der Waals surface area contributed by atoms with Crippen molar-refractivity contribution in [2.45, 2.75) is 431 Å². The Morgan fingerprint density at radius 3 is 0.912 bits per heavy atom. The lowest BCUT2D eigenvalue weighted by Gasteiger charge is -2.25. The minimum absolute atomic E-state index is 0.0636. The molecule has 3 atom stereocenters. The van der Waals surface area contributed by atoms with Gasteiger partial charge in [-0.25, -0.2) is 4.57 Å². The van der Waals surface area contributed by atoms with Gasteiger partial charge in [0.15, 0.2) is 0 Å². The number of phosphoric ester groups is 1. The lowest BCUT2D eigenvalue weighted by Crippen LogP contribution is -2.45. The molecular weight excluding hydrogens is 1140 g/mol. The largest absolute Gasteiger partial charge is 0.472 e. The van der Waals surface area contributed by atoms with Gasteiger partial charge in [0.1, 0.15) is 13.2 Å². The summed E-state index contributed by atoms with van der Waals surface area (Å²) in [4.78, 5) is 23.5. The molecule has 538 valence electrons. The normalized spacial score (nSPS) is 13.7. The van der Waals surface area contributed by atoms with Crippen LogP contribution in [0.2, 0.25) is 0 Å². The lowest BCUT2D eigenvalue weighted by molar-refractivity contribution is -0.870. The van der Waals surface area contributed by atoms with E-state index in [1.54, 1.807) is 6.08 Å². The van der Waals surface area contributed by atoms with E-state index in [0.29, 0.717) is 17.4 Å². The fourth-order valence-electron chi connectivity index (χ4n) is 12.5. The summed E-state index contributed by atoms with van der Waals surface area (Å²) in [6.45, 7) is 4.87. The third-order valence-electron chi connectivity index (χ3n) is 18.8. The maximum absolute atomic E-state index is 13.1. The van der Waals surface area contributed by atoms with Crippen LogP contribution >= 0.6 is 7.82 Å². The second kappa shape index (κ2) is 72.7. The number of nitrogens with zero attached hydrogens (tertiary/aromatic N) is 1. The number of amides is 1. The number of hydrogen-bond donors (Lipinski definition) is 3. The monoisotopic (exact) mass is 1300 g/mol. The van der Waals surface area contributed by atoms with Gasteiger partial charge < -0.3 is 19.8 Å². The standard InChI is InChI=1S/C82H159N2O6P/c1-6-8-10-12-14-16-18-20-22-24-26-28-30-32-34-36-38-39-40-41-42-43-44-45-46-48-50-52-54-56-58-60-62-64-66-68-70-72-74-76-82(86)83-80(79-90-91(87,88)89-78-77-84(3,4)5)81(85)75-73-71-69-67-65-63-61-59-57-55-53-51-49-47-37-35-33-31-29-27-25-23-21-19-17-15-13-11-9-7-2/h18,20,24,26,30,32,73,75,80-81,85H,6-17,19,21-23,25,27-29,31,33-72,74,76-79H2,1-5H3,(H-,83,86,87,88)/p+1/b20-18-,26-24-,32-30-,75-73+. The van der Waals surface area contributed by atoms with Crippen molar-refractivity contribution < 1.29 is 32.9 Å². The fraction of sp³-hybridized carbons (Fsp3) is 0.890. The first-order valence-corrected chi connectivity index (χ1v) is 42.0. The molecule has 0 aliphatic heterocycles. The number of nitrogens with one attached hydrogen (secondary N) is 1. The van der Waals surface area contributed by atoms with Crippen LogP contribution in [0.3, 0.4) is 0 Å². The number of rotatable bonds is 76. The molecule has 0 saturated heterocycles. The van der Waals surface area contributed by atoms with E-state index in [-0.39, 0.29) is 19.1 Å². The Balaban J connectivity index is 3.93. The van der Waals surface area contributed by atoms with Crippen molar-refractivity contribution in [3.05, 3.63) is 48.6 Å². The zero-order valence-electron chi connectivity index (χ0n) is 61.9. The Kier molecular flexibility index (Phi) is 71.5. The van der Waals surface area contributed by atoms with Gasteiger partial charge in [-0.15, -0.1) is 0 Å². The van der Waals surface area contributed by atoms with Crippen molar-refractivity contribution in [1.82, 2.24) is 5.32 Å². The van der Waals surface area contributed by atoms with Gasteiger partial charge in [-0.3, -0.25) is 13.8 Å². The summed E-state index contributed by atoms with van der Waals surface area (Å²) >= 11 is 0. The Hall–Kier alpha value is -1.54.